The van der Waals surface area contributed by atoms with Crippen LogP contribution in [0.2, 0.25) is 5.15 Å². The highest BCUT2D eigenvalue weighted by atomic mass is 35.5. The number of amidine groups is 1. The molecule has 0 amide bonds. The van der Waals surface area contributed by atoms with Gasteiger partial charge in [-0.2, -0.15) is 0 Å². The topological polar surface area (TPSA) is 79.7 Å². The Morgan fingerprint density at radius 3 is 3.20 bits per heavy atom. The van der Waals surface area contributed by atoms with E-state index in [-0.39, 0.29) is 5.84 Å². The van der Waals surface area contributed by atoms with Gasteiger partial charge in [0.25, 0.3) is 0 Å². The highest BCUT2D eigenvalue weighted by Gasteiger charge is 2.19. The fourth-order valence-electron chi connectivity index (χ4n) is 1.67. The summed E-state index contributed by atoms with van der Waals surface area (Å²) < 4.78 is 1.96. The number of oxime groups is 1. The van der Waals surface area contributed by atoms with Crippen LogP contribution in [0.15, 0.2) is 11.4 Å². The Kier molecular flexibility index (Phi) is 2.79. The van der Waals surface area contributed by atoms with Crippen LogP contribution in [0, 0.1) is 0 Å². The summed E-state index contributed by atoms with van der Waals surface area (Å²) in [5.41, 5.74) is 5.43. The van der Waals surface area contributed by atoms with E-state index in [2.05, 4.69) is 10.1 Å². The van der Waals surface area contributed by atoms with Crippen molar-refractivity contribution in [3.05, 3.63) is 17.2 Å². The lowest BCUT2D eigenvalue weighted by molar-refractivity contribution is 0.240. The molecule has 0 bridgehead atoms. The molecule has 1 aromatic heterocycles. The Morgan fingerprint density at radius 2 is 2.47 bits per heavy atom. The van der Waals surface area contributed by atoms with E-state index in [4.69, 9.17) is 22.5 Å². The zero-order valence-electron chi connectivity index (χ0n) is 8.10. The van der Waals surface area contributed by atoms with Crippen molar-refractivity contribution in [2.45, 2.75) is 13.1 Å². The third kappa shape index (κ3) is 2.05. The van der Waals surface area contributed by atoms with Gasteiger partial charge in [-0.1, -0.05) is 16.8 Å². The SMILES string of the molecule is N/C(CN1CCn2c(Cl)cnc2C1)=N\O. The summed E-state index contributed by atoms with van der Waals surface area (Å²) in [6.07, 6.45) is 1.64. The predicted octanol–water partition coefficient (Wildman–Crippen LogP) is 0.0985. The minimum absolute atomic E-state index is 0.209. The lowest BCUT2D eigenvalue weighted by atomic mass is 10.3. The molecule has 82 valence electrons. The Hall–Kier alpha value is -1.27. The molecule has 6 nitrogen and oxygen atoms in total. The molecular formula is C8H12ClN5O. The van der Waals surface area contributed by atoms with Crippen molar-refractivity contribution in [1.29, 1.82) is 0 Å². The first kappa shape index (κ1) is 10.3. The smallest absolute Gasteiger partial charge is 0.153 e. The summed E-state index contributed by atoms with van der Waals surface area (Å²) in [6.45, 7) is 2.72. The number of nitrogens with two attached hydrogens (primary N) is 1. The van der Waals surface area contributed by atoms with Crippen LogP contribution in [0.5, 0.6) is 0 Å². The zero-order chi connectivity index (χ0) is 10.8. The van der Waals surface area contributed by atoms with Crippen molar-refractivity contribution in [2.24, 2.45) is 10.9 Å². The van der Waals surface area contributed by atoms with Crippen LogP contribution in [0.25, 0.3) is 0 Å². The predicted molar refractivity (Wildman–Crippen MR) is 55.9 cm³/mol. The van der Waals surface area contributed by atoms with Crippen molar-refractivity contribution in [2.75, 3.05) is 13.1 Å². The number of rotatable bonds is 2. The highest BCUT2D eigenvalue weighted by molar-refractivity contribution is 6.29. The van der Waals surface area contributed by atoms with E-state index >= 15 is 0 Å². The van der Waals surface area contributed by atoms with Crippen LogP contribution in [0.1, 0.15) is 5.82 Å². The van der Waals surface area contributed by atoms with Gasteiger partial charge in [-0.25, -0.2) is 4.98 Å². The highest BCUT2D eigenvalue weighted by Crippen LogP contribution is 2.17. The summed E-state index contributed by atoms with van der Waals surface area (Å²) in [6, 6.07) is 0. The number of imidazole rings is 1. The van der Waals surface area contributed by atoms with E-state index in [1.54, 1.807) is 6.20 Å². The van der Waals surface area contributed by atoms with E-state index in [1.165, 1.54) is 0 Å². The molecule has 0 aliphatic carbocycles. The normalized spacial score (nSPS) is 17.8. The quantitative estimate of drug-likeness (QED) is 0.326. The first-order valence-corrected chi connectivity index (χ1v) is 4.97. The molecule has 0 aromatic carbocycles. The Bertz CT molecular complexity index is 388. The number of hydrogen-bond acceptors (Lipinski definition) is 4. The van der Waals surface area contributed by atoms with Gasteiger partial charge in [0, 0.05) is 13.1 Å². The van der Waals surface area contributed by atoms with Crippen molar-refractivity contribution in [1.82, 2.24) is 14.5 Å². The average Bonchev–Trinajstić information content (AvgIpc) is 2.60. The molecular weight excluding hydrogens is 218 g/mol. The summed E-state index contributed by atoms with van der Waals surface area (Å²) in [5.74, 6) is 1.12. The summed E-state index contributed by atoms with van der Waals surface area (Å²) in [5, 5.41) is 12.1. The van der Waals surface area contributed by atoms with Crippen LogP contribution in [0.3, 0.4) is 0 Å². The molecule has 1 aromatic rings. The fraction of sp³-hybridized carbons (Fsp3) is 0.500. The number of fused-ring (bicyclic) bond motifs is 1. The van der Waals surface area contributed by atoms with Gasteiger partial charge in [0.2, 0.25) is 0 Å². The van der Waals surface area contributed by atoms with Crippen LogP contribution in [-0.4, -0.2) is 38.6 Å². The molecule has 0 saturated carbocycles. The first-order valence-electron chi connectivity index (χ1n) is 4.59. The van der Waals surface area contributed by atoms with Gasteiger partial charge in [-0.15, -0.1) is 0 Å². The van der Waals surface area contributed by atoms with Gasteiger partial charge in [0.1, 0.15) is 11.0 Å². The summed E-state index contributed by atoms with van der Waals surface area (Å²) in [7, 11) is 0. The third-order valence-electron chi connectivity index (χ3n) is 2.41. The lowest BCUT2D eigenvalue weighted by Crippen LogP contribution is -2.39. The molecule has 3 N–H and O–H groups in total. The maximum Gasteiger partial charge on any atom is 0.153 e. The second-order valence-corrected chi connectivity index (χ2v) is 3.84. The molecule has 0 radical (unpaired) electrons. The number of halogens is 1. The van der Waals surface area contributed by atoms with Crippen molar-refractivity contribution in [3.8, 4) is 0 Å². The second-order valence-electron chi connectivity index (χ2n) is 3.45. The van der Waals surface area contributed by atoms with E-state index in [0.29, 0.717) is 18.2 Å². The maximum atomic E-state index is 8.46. The molecule has 0 atom stereocenters. The first-order chi connectivity index (χ1) is 7.20. The fourth-order valence-corrected chi connectivity index (χ4v) is 1.90. The van der Waals surface area contributed by atoms with Crippen LogP contribution >= 0.6 is 11.6 Å². The minimum atomic E-state index is 0.209. The Morgan fingerprint density at radius 1 is 1.67 bits per heavy atom. The molecule has 2 heterocycles. The van der Waals surface area contributed by atoms with Crippen LogP contribution < -0.4 is 5.73 Å². The monoisotopic (exact) mass is 229 g/mol. The van der Waals surface area contributed by atoms with E-state index in [1.807, 2.05) is 9.47 Å². The molecule has 1 aliphatic rings. The summed E-state index contributed by atoms with van der Waals surface area (Å²) >= 11 is 5.93. The van der Waals surface area contributed by atoms with E-state index in [9.17, 15) is 0 Å². The molecule has 1 aliphatic heterocycles. The number of hydrogen-bond donors (Lipinski definition) is 2. The molecule has 0 unspecified atom stereocenters. The third-order valence-corrected chi connectivity index (χ3v) is 2.71. The molecule has 0 spiro atoms. The van der Waals surface area contributed by atoms with E-state index in [0.717, 1.165) is 18.9 Å². The number of aromatic nitrogens is 2. The zero-order valence-corrected chi connectivity index (χ0v) is 8.85. The van der Waals surface area contributed by atoms with Gasteiger partial charge in [0.05, 0.1) is 19.3 Å². The minimum Gasteiger partial charge on any atom is -0.409 e. The van der Waals surface area contributed by atoms with E-state index < -0.39 is 0 Å². The molecule has 2 rings (SSSR count). The molecule has 0 saturated heterocycles. The van der Waals surface area contributed by atoms with Gasteiger partial charge in [-0.05, 0) is 0 Å². The Balaban J connectivity index is 2.06. The molecule has 15 heavy (non-hydrogen) atoms. The molecule has 7 heteroatoms. The van der Waals surface area contributed by atoms with Gasteiger partial charge in [-0.3, -0.25) is 4.90 Å². The Labute approximate surface area is 91.9 Å². The largest absolute Gasteiger partial charge is 0.409 e. The van der Waals surface area contributed by atoms with Crippen molar-refractivity contribution >= 4 is 17.4 Å². The van der Waals surface area contributed by atoms with Gasteiger partial charge in [0.15, 0.2) is 5.84 Å². The summed E-state index contributed by atoms with van der Waals surface area (Å²) in [4.78, 5) is 6.24. The van der Waals surface area contributed by atoms with Gasteiger partial charge >= 0.3 is 0 Å². The van der Waals surface area contributed by atoms with Crippen molar-refractivity contribution in [3.63, 3.8) is 0 Å². The maximum absolute atomic E-state index is 8.46. The lowest BCUT2D eigenvalue weighted by Gasteiger charge is -2.27. The average molecular weight is 230 g/mol. The van der Waals surface area contributed by atoms with Crippen molar-refractivity contribution < 1.29 is 5.21 Å². The van der Waals surface area contributed by atoms with Crippen LogP contribution in [-0.2, 0) is 13.1 Å². The standard InChI is InChI=1S/C8H12ClN5O/c9-6-3-11-8-5-13(1-2-14(6)8)4-7(10)12-15/h3,15H,1-2,4-5H2,(H2,10,12). The van der Waals surface area contributed by atoms with Gasteiger partial charge < -0.3 is 15.5 Å². The number of nitrogens with zero attached hydrogens (tertiary/aromatic N) is 4. The second kappa shape index (κ2) is 4.08. The molecule has 0 fully saturated rings. The van der Waals surface area contributed by atoms with Crippen LogP contribution in [0.4, 0.5) is 0 Å².